The van der Waals surface area contributed by atoms with Crippen molar-refractivity contribution in [2.24, 2.45) is 17.3 Å². The van der Waals surface area contributed by atoms with Gasteiger partial charge >= 0.3 is 0 Å². The van der Waals surface area contributed by atoms with E-state index in [0.29, 0.717) is 29.3 Å². The molecule has 1 aliphatic heterocycles. The number of amides is 1. The third kappa shape index (κ3) is 2.88. The first-order valence-corrected chi connectivity index (χ1v) is 8.55. The molecule has 0 radical (unpaired) electrons. The van der Waals surface area contributed by atoms with E-state index in [-0.39, 0.29) is 6.04 Å². The molecule has 1 heterocycles. The molecule has 1 saturated heterocycles. The zero-order valence-electron chi connectivity index (χ0n) is 13.3. The fraction of sp³-hybridized carbons (Fsp3) is 0.941. The molecule has 3 heteroatoms. The number of hydrogen-bond acceptors (Lipinski definition) is 2. The third-order valence-electron chi connectivity index (χ3n) is 5.50. The van der Waals surface area contributed by atoms with Crippen molar-refractivity contribution in [1.29, 1.82) is 0 Å². The van der Waals surface area contributed by atoms with E-state index in [1.165, 1.54) is 38.5 Å². The molecule has 0 aromatic heterocycles. The van der Waals surface area contributed by atoms with E-state index in [4.69, 9.17) is 0 Å². The van der Waals surface area contributed by atoms with Gasteiger partial charge in [0.2, 0.25) is 5.91 Å². The van der Waals surface area contributed by atoms with Crippen LogP contribution in [-0.2, 0) is 4.79 Å². The van der Waals surface area contributed by atoms with E-state index in [1.54, 1.807) is 0 Å². The number of nitrogens with one attached hydrogen (secondary N) is 1. The molecule has 0 aromatic carbocycles. The Bertz CT molecular complexity index is 369. The predicted octanol–water partition coefficient (Wildman–Crippen LogP) is 3.15. The maximum atomic E-state index is 12.8. The Balaban J connectivity index is 1.72. The molecule has 2 aliphatic carbocycles. The van der Waals surface area contributed by atoms with Gasteiger partial charge in [-0.25, -0.2) is 0 Å². The molecule has 3 fully saturated rings. The van der Waals surface area contributed by atoms with Gasteiger partial charge in [0.1, 0.15) is 0 Å². The summed E-state index contributed by atoms with van der Waals surface area (Å²) in [6.07, 6.45) is 9.18. The van der Waals surface area contributed by atoms with Crippen LogP contribution in [0.5, 0.6) is 0 Å². The van der Waals surface area contributed by atoms with Crippen molar-refractivity contribution in [3.63, 3.8) is 0 Å². The lowest BCUT2D eigenvalue weighted by Gasteiger charge is -2.31. The Morgan fingerprint density at radius 1 is 1.30 bits per heavy atom. The lowest BCUT2D eigenvalue weighted by Crippen LogP contribution is -2.44. The minimum absolute atomic E-state index is 0.0722. The molecule has 0 bridgehead atoms. The number of hydrogen-bond donors (Lipinski definition) is 1. The monoisotopic (exact) mass is 278 g/mol. The first-order chi connectivity index (χ1) is 9.48. The fourth-order valence-electron chi connectivity index (χ4n) is 3.97. The topological polar surface area (TPSA) is 32.3 Å². The number of rotatable bonds is 5. The Kier molecular flexibility index (Phi) is 3.83. The molecule has 2 saturated carbocycles. The molecule has 2 atom stereocenters. The van der Waals surface area contributed by atoms with Gasteiger partial charge in [0.25, 0.3) is 0 Å². The highest BCUT2D eigenvalue weighted by Gasteiger charge is 2.48. The smallest absolute Gasteiger partial charge is 0.241 e. The van der Waals surface area contributed by atoms with Crippen molar-refractivity contribution in [2.75, 3.05) is 6.54 Å². The summed E-state index contributed by atoms with van der Waals surface area (Å²) >= 11 is 0. The van der Waals surface area contributed by atoms with E-state index in [1.807, 2.05) is 0 Å². The zero-order valence-corrected chi connectivity index (χ0v) is 13.3. The first-order valence-electron chi connectivity index (χ1n) is 8.55. The van der Waals surface area contributed by atoms with Crippen LogP contribution in [0.15, 0.2) is 0 Å². The summed E-state index contributed by atoms with van der Waals surface area (Å²) in [6, 6.07) is 0.0722. The molecule has 114 valence electrons. The summed E-state index contributed by atoms with van der Waals surface area (Å²) < 4.78 is 0. The van der Waals surface area contributed by atoms with Crippen LogP contribution in [0.4, 0.5) is 0 Å². The van der Waals surface area contributed by atoms with E-state index in [0.717, 1.165) is 13.0 Å². The quantitative estimate of drug-likeness (QED) is 0.838. The lowest BCUT2D eigenvalue weighted by molar-refractivity contribution is -0.131. The van der Waals surface area contributed by atoms with Crippen LogP contribution in [0.25, 0.3) is 0 Å². The summed E-state index contributed by atoms with van der Waals surface area (Å²) in [4.78, 5) is 15.0. The lowest BCUT2D eigenvalue weighted by atomic mass is 10.0. The second-order valence-corrected chi connectivity index (χ2v) is 8.11. The number of carbonyl (C=O) groups is 1. The molecular weight excluding hydrogens is 248 g/mol. The average Bonchev–Trinajstić information content (AvgIpc) is 2.80. The van der Waals surface area contributed by atoms with Crippen LogP contribution in [0.1, 0.15) is 65.7 Å². The second kappa shape index (κ2) is 5.32. The van der Waals surface area contributed by atoms with Gasteiger partial charge in [-0.1, -0.05) is 33.6 Å². The van der Waals surface area contributed by atoms with Gasteiger partial charge in [-0.2, -0.15) is 0 Å². The zero-order chi connectivity index (χ0) is 14.3. The fourth-order valence-corrected chi connectivity index (χ4v) is 3.97. The number of carbonyl (C=O) groups excluding carboxylic acids is 1. The highest BCUT2D eigenvalue weighted by atomic mass is 16.2. The molecule has 3 rings (SSSR count). The van der Waals surface area contributed by atoms with E-state index < -0.39 is 0 Å². The van der Waals surface area contributed by atoms with Crippen molar-refractivity contribution in [3.8, 4) is 0 Å². The highest BCUT2D eigenvalue weighted by Crippen LogP contribution is 2.47. The van der Waals surface area contributed by atoms with E-state index in [9.17, 15) is 4.79 Å². The number of nitrogens with zero attached hydrogens (tertiary/aromatic N) is 1. The molecule has 1 amide bonds. The molecule has 0 spiro atoms. The van der Waals surface area contributed by atoms with Crippen LogP contribution < -0.4 is 5.32 Å². The Morgan fingerprint density at radius 2 is 1.95 bits per heavy atom. The van der Waals surface area contributed by atoms with Gasteiger partial charge < -0.3 is 4.90 Å². The first kappa shape index (κ1) is 14.4. The van der Waals surface area contributed by atoms with Crippen molar-refractivity contribution in [2.45, 2.75) is 77.9 Å². The van der Waals surface area contributed by atoms with Gasteiger partial charge in [-0.15, -0.1) is 0 Å². The second-order valence-electron chi connectivity index (χ2n) is 8.11. The molecule has 20 heavy (non-hydrogen) atoms. The summed E-state index contributed by atoms with van der Waals surface area (Å²) in [5, 5.41) is 3.69. The molecule has 2 unspecified atom stereocenters. The van der Waals surface area contributed by atoms with Crippen molar-refractivity contribution >= 4 is 5.91 Å². The van der Waals surface area contributed by atoms with Gasteiger partial charge in [0.15, 0.2) is 0 Å². The normalized spacial score (nSPS) is 33.4. The van der Waals surface area contributed by atoms with Crippen molar-refractivity contribution in [1.82, 2.24) is 10.2 Å². The van der Waals surface area contributed by atoms with Gasteiger partial charge in [-0.3, -0.25) is 10.1 Å². The van der Waals surface area contributed by atoms with Crippen LogP contribution >= 0.6 is 0 Å². The van der Waals surface area contributed by atoms with E-state index in [2.05, 4.69) is 31.0 Å². The minimum Gasteiger partial charge on any atom is -0.325 e. The standard InChI is InChI=1S/C17H30N2O/c1-12(2)10-14-16(20)19(11-17(3)8-9-17)15(18-14)13-6-4-5-7-13/h12-15,18H,4-11H2,1-3H3. The van der Waals surface area contributed by atoms with E-state index >= 15 is 0 Å². The van der Waals surface area contributed by atoms with Gasteiger partial charge in [0.05, 0.1) is 12.2 Å². The molecule has 0 aromatic rings. The Hall–Kier alpha value is -0.570. The van der Waals surface area contributed by atoms with Gasteiger partial charge in [0, 0.05) is 6.54 Å². The summed E-state index contributed by atoms with van der Waals surface area (Å²) in [6.45, 7) is 7.74. The molecule has 1 N–H and O–H groups in total. The molecular formula is C17H30N2O. The SMILES string of the molecule is CC(C)CC1NC(C2CCCC2)N(CC2(C)CC2)C1=O. The Labute approximate surface area is 123 Å². The van der Waals surface area contributed by atoms with Gasteiger partial charge in [-0.05, 0) is 49.4 Å². The average molecular weight is 278 g/mol. The van der Waals surface area contributed by atoms with Crippen molar-refractivity contribution < 1.29 is 4.79 Å². The van der Waals surface area contributed by atoms with Crippen LogP contribution in [-0.4, -0.2) is 29.6 Å². The summed E-state index contributed by atoms with van der Waals surface area (Å²) in [5.74, 6) is 1.65. The van der Waals surface area contributed by atoms with Crippen LogP contribution in [0.2, 0.25) is 0 Å². The highest BCUT2D eigenvalue weighted by molar-refractivity contribution is 5.84. The van der Waals surface area contributed by atoms with Crippen LogP contribution in [0, 0.1) is 17.3 Å². The maximum Gasteiger partial charge on any atom is 0.241 e. The van der Waals surface area contributed by atoms with Crippen LogP contribution in [0.3, 0.4) is 0 Å². The Morgan fingerprint density at radius 3 is 2.50 bits per heavy atom. The molecule has 3 nitrogen and oxygen atoms in total. The minimum atomic E-state index is 0.0722. The predicted molar refractivity (Wildman–Crippen MR) is 81.2 cm³/mol. The molecule has 3 aliphatic rings. The summed E-state index contributed by atoms with van der Waals surface area (Å²) in [5.41, 5.74) is 0.418. The largest absolute Gasteiger partial charge is 0.325 e. The van der Waals surface area contributed by atoms with Crippen molar-refractivity contribution in [3.05, 3.63) is 0 Å². The summed E-state index contributed by atoms with van der Waals surface area (Å²) in [7, 11) is 0. The maximum absolute atomic E-state index is 12.8. The third-order valence-corrected chi connectivity index (χ3v) is 5.50.